The van der Waals surface area contributed by atoms with E-state index in [9.17, 15) is 18.0 Å². The third-order valence-corrected chi connectivity index (χ3v) is 4.74. The maximum absolute atomic E-state index is 13.1. The fourth-order valence-electron chi connectivity index (χ4n) is 3.28. The van der Waals surface area contributed by atoms with E-state index < -0.39 is 17.6 Å². The maximum Gasteiger partial charge on any atom is 0.417 e. The Kier molecular flexibility index (Phi) is 4.83. The van der Waals surface area contributed by atoms with Crippen molar-refractivity contribution in [3.05, 3.63) is 53.6 Å². The number of aromatic nitrogens is 2. The molecule has 0 radical (unpaired) electrons. The van der Waals surface area contributed by atoms with Crippen LogP contribution >= 0.6 is 0 Å². The van der Waals surface area contributed by atoms with Gasteiger partial charge in [-0.1, -0.05) is 12.1 Å². The molecule has 1 aliphatic rings. The number of rotatable bonds is 3. The molecule has 7 heteroatoms. The van der Waals surface area contributed by atoms with Gasteiger partial charge < -0.3 is 9.47 Å². The monoisotopic (exact) mass is 351 g/mol. The summed E-state index contributed by atoms with van der Waals surface area (Å²) in [6.07, 6.45) is 0.701. The van der Waals surface area contributed by atoms with Gasteiger partial charge in [0.1, 0.15) is 5.82 Å². The van der Waals surface area contributed by atoms with Gasteiger partial charge in [-0.2, -0.15) is 13.2 Å². The normalized spacial score (nSPS) is 16.2. The molecule has 0 spiro atoms. The summed E-state index contributed by atoms with van der Waals surface area (Å²) in [6, 6.07) is 4.99. The SMILES string of the molecule is Cc1nccn1CC1CCN(C(=O)c2ccccc2C(F)(F)F)CC1. The zero-order chi connectivity index (χ0) is 18.0. The van der Waals surface area contributed by atoms with Crippen LogP contribution in [-0.2, 0) is 12.7 Å². The average Bonchev–Trinajstić information content (AvgIpc) is 2.99. The van der Waals surface area contributed by atoms with Crippen molar-refractivity contribution in [2.45, 2.75) is 32.5 Å². The fraction of sp³-hybridized carbons (Fsp3) is 0.444. The molecule has 1 saturated heterocycles. The average molecular weight is 351 g/mol. The number of amides is 1. The Balaban J connectivity index is 1.65. The Morgan fingerprint density at radius 3 is 2.52 bits per heavy atom. The van der Waals surface area contributed by atoms with Gasteiger partial charge in [-0.15, -0.1) is 0 Å². The molecule has 2 heterocycles. The summed E-state index contributed by atoms with van der Waals surface area (Å²) < 4.78 is 41.4. The molecule has 25 heavy (non-hydrogen) atoms. The van der Waals surface area contributed by atoms with Crippen LogP contribution in [-0.4, -0.2) is 33.4 Å². The molecule has 1 fully saturated rings. The van der Waals surface area contributed by atoms with Crippen molar-refractivity contribution in [1.82, 2.24) is 14.5 Å². The zero-order valence-electron chi connectivity index (χ0n) is 14.0. The number of nitrogens with zero attached hydrogens (tertiary/aromatic N) is 3. The van der Waals surface area contributed by atoms with Crippen LogP contribution in [0.2, 0.25) is 0 Å². The Labute approximate surface area is 144 Å². The van der Waals surface area contributed by atoms with Crippen LogP contribution in [0.1, 0.15) is 34.6 Å². The first-order valence-electron chi connectivity index (χ1n) is 8.29. The van der Waals surface area contributed by atoms with Gasteiger partial charge in [0.15, 0.2) is 0 Å². The van der Waals surface area contributed by atoms with Crippen molar-refractivity contribution in [2.75, 3.05) is 13.1 Å². The minimum absolute atomic E-state index is 0.265. The molecule has 1 aliphatic heterocycles. The number of likely N-dealkylation sites (tertiary alicyclic amines) is 1. The standard InChI is InChI=1S/C18H20F3N3O/c1-13-22-8-11-24(13)12-14-6-9-23(10-7-14)17(25)15-4-2-3-5-16(15)18(19,20)21/h2-5,8,11,14H,6-7,9-10,12H2,1H3. The van der Waals surface area contributed by atoms with Crippen LogP contribution in [0.5, 0.6) is 0 Å². The predicted molar refractivity (Wildman–Crippen MR) is 87.0 cm³/mol. The molecule has 0 bridgehead atoms. The Morgan fingerprint density at radius 1 is 1.24 bits per heavy atom. The summed E-state index contributed by atoms with van der Waals surface area (Å²) in [6.45, 7) is 3.71. The summed E-state index contributed by atoms with van der Waals surface area (Å²) in [7, 11) is 0. The minimum atomic E-state index is -4.52. The number of carbonyl (C=O) groups is 1. The minimum Gasteiger partial charge on any atom is -0.339 e. The Bertz CT molecular complexity index is 746. The number of benzene rings is 1. The van der Waals surface area contributed by atoms with Gasteiger partial charge in [-0.05, 0) is 37.8 Å². The van der Waals surface area contributed by atoms with Gasteiger partial charge in [0, 0.05) is 32.0 Å². The van der Waals surface area contributed by atoms with Crippen molar-refractivity contribution in [3.63, 3.8) is 0 Å². The first-order valence-corrected chi connectivity index (χ1v) is 8.29. The van der Waals surface area contributed by atoms with Gasteiger partial charge in [0.2, 0.25) is 0 Å². The van der Waals surface area contributed by atoms with Crippen LogP contribution in [0.15, 0.2) is 36.7 Å². The first-order chi connectivity index (χ1) is 11.9. The highest BCUT2D eigenvalue weighted by atomic mass is 19.4. The molecule has 0 unspecified atom stereocenters. The van der Waals surface area contributed by atoms with Crippen molar-refractivity contribution < 1.29 is 18.0 Å². The van der Waals surface area contributed by atoms with Crippen LogP contribution in [0, 0.1) is 12.8 Å². The Morgan fingerprint density at radius 2 is 1.92 bits per heavy atom. The molecule has 4 nitrogen and oxygen atoms in total. The van der Waals surface area contributed by atoms with Gasteiger partial charge in [-0.25, -0.2) is 4.98 Å². The van der Waals surface area contributed by atoms with Gasteiger partial charge in [0.25, 0.3) is 5.91 Å². The lowest BCUT2D eigenvalue weighted by Crippen LogP contribution is -2.40. The highest BCUT2D eigenvalue weighted by Gasteiger charge is 2.36. The lowest BCUT2D eigenvalue weighted by molar-refractivity contribution is -0.138. The molecule has 2 aromatic rings. The molecule has 0 N–H and O–H groups in total. The molecule has 0 aliphatic carbocycles. The Hall–Kier alpha value is -2.31. The number of piperidine rings is 1. The number of imidazole rings is 1. The molecular weight excluding hydrogens is 331 g/mol. The van der Waals surface area contributed by atoms with E-state index in [0.29, 0.717) is 19.0 Å². The highest BCUT2D eigenvalue weighted by molar-refractivity contribution is 5.96. The lowest BCUT2D eigenvalue weighted by atomic mass is 9.95. The van der Waals surface area contributed by atoms with E-state index in [1.165, 1.54) is 23.1 Å². The number of hydrogen-bond acceptors (Lipinski definition) is 2. The van der Waals surface area contributed by atoms with Crippen molar-refractivity contribution >= 4 is 5.91 Å². The molecule has 1 aromatic carbocycles. The number of halogens is 3. The smallest absolute Gasteiger partial charge is 0.339 e. The topological polar surface area (TPSA) is 38.1 Å². The molecule has 3 rings (SSSR count). The largest absolute Gasteiger partial charge is 0.417 e. The summed E-state index contributed by atoms with van der Waals surface area (Å²) in [4.78, 5) is 18.3. The van der Waals surface area contributed by atoms with Gasteiger partial charge in [-0.3, -0.25) is 4.79 Å². The molecule has 134 valence electrons. The van der Waals surface area contributed by atoms with Crippen molar-refractivity contribution in [1.29, 1.82) is 0 Å². The number of aryl methyl sites for hydroxylation is 1. The third kappa shape index (κ3) is 3.86. The molecule has 1 aromatic heterocycles. The van der Waals surface area contributed by atoms with Crippen molar-refractivity contribution in [3.8, 4) is 0 Å². The van der Waals surface area contributed by atoms with Crippen LogP contribution in [0.3, 0.4) is 0 Å². The van der Waals surface area contributed by atoms with E-state index in [4.69, 9.17) is 0 Å². The lowest BCUT2D eigenvalue weighted by Gasteiger charge is -2.33. The predicted octanol–water partition coefficient (Wildman–Crippen LogP) is 3.76. The summed E-state index contributed by atoms with van der Waals surface area (Å²) >= 11 is 0. The molecule has 1 amide bonds. The molecule has 0 saturated carbocycles. The van der Waals surface area contributed by atoms with Crippen LogP contribution in [0.25, 0.3) is 0 Å². The fourth-order valence-corrected chi connectivity index (χ4v) is 3.28. The van der Waals surface area contributed by atoms with Crippen LogP contribution in [0.4, 0.5) is 13.2 Å². The number of alkyl halides is 3. The summed E-state index contributed by atoms with van der Waals surface area (Å²) in [5, 5.41) is 0. The van der Waals surface area contributed by atoms with E-state index in [-0.39, 0.29) is 5.56 Å². The highest BCUT2D eigenvalue weighted by Crippen LogP contribution is 2.33. The van der Waals surface area contributed by atoms with E-state index in [1.54, 1.807) is 6.20 Å². The molecule has 0 atom stereocenters. The number of carbonyl (C=O) groups excluding carboxylic acids is 1. The molecular formula is C18H20F3N3O. The van der Waals surface area contributed by atoms with Gasteiger partial charge >= 0.3 is 6.18 Å². The van der Waals surface area contributed by atoms with E-state index in [2.05, 4.69) is 9.55 Å². The number of hydrogen-bond donors (Lipinski definition) is 0. The van der Waals surface area contributed by atoms with E-state index >= 15 is 0 Å². The van der Waals surface area contributed by atoms with Crippen molar-refractivity contribution in [2.24, 2.45) is 5.92 Å². The second-order valence-corrected chi connectivity index (χ2v) is 6.41. The summed E-state index contributed by atoms with van der Waals surface area (Å²) in [5.41, 5.74) is -1.13. The van der Waals surface area contributed by atoms with E-state index in [1.807, 2.05) is 13.1 Å². The zero-order valence-corrected chi connectivity index (χ0v) is 14.0. The van der Waals surface area contributed by atoms with E-state index in [0.717, 1.165) is 31.3 Å². The summed E-state index contributed by atoms with van der Waals surface area (Å²) in [5.74, 6) is 0.803. The second-order valence-electron chi connectivity index (χ2n) is 6.41. The maximum atomic E-state index is 13.1. The van der Waals surface area contributed by atoms with Crippen LogP contribution < -0.4 is 0 Å². The van der Waals surface area contributed by atoms with Gasteiger partial charge in [0.05, 0.1) is 11.1 Å². The third-order valence-electron chi connectivity index (χ3n) is 4.74. The first kappa shape index (κ1) is 17.5. The quantitative estimate of drug-likeness (QED) is 0.844. The second kappa shape index (κ2) is 6.90.